The minimum absolute atomic E-state index is 0. The second-order valence-electron chi connectivity index (χ2n) is 5.90. The van der Waals surface area contributed by atoms with E-state index >= 15 is 0 Å². The molecule has 0 unspecified atom stereocenters. The zero-order chi connectivity index (χ0) is 28.2. The molecule has 4 rings (SSSR count). The number of rotatable bonds is 3. The number of benzene rings is 4. The lowest BCUT2D eigenvalue weighted by Gasteiger charge is -2.11. The second kappa shape index (κ2) is 37.0. The van der Waals surface area contributed by atoms with Gasteiger partial charge in [-0.2, -0.15) is 0 Å². The molecule has 0 aliphatic rings. The van der Waals surface area contributed by atoms with Crippen LogP contribution in [0.15, 0.2) is 109 Å². The highest BCUT2D eigenvalue weighted by Gasteiger charge is 2.06. The first-order valence-electron chi connectivity index (χ1n) is 14.2. The second-order valence-corrected chi connectivity index (χ2v) is 5.90. The quantitative estimate of drug-likeness (QED) is 0.245. The molecule has 0 N–H and O–H groups in total. The third kappa shape index (κ3) is 18.7. The van der Waals surface area contributed by atoms with Crippen LogP contribution < -0.4 is 0 Å². The van der Waals surface area contributed by atoms with E-state index in [-0.39, 0.29) is 22.3 Å². The van der Waals surface area contributed by atoms with Crippen molar-refractivity contribution >= 4 is 0 Å². The maximum atomic E-state index is 2.27. The van der Waals surface area contributed by atoms with Gasteiger partial charge in [-0.3, -0.25) is 0 Å². The Morgan fingerprint density at radius 3 is 0.538 bits per heavy atom. The Morgan fingerprint density at radius 2 is 0.385 bits per heavy atom. The molecule has 0 saturated heterocycles. The molecule has 0 aromatic heterocycles. The lowest BCUT2D eigenvalue weighted by molar-refractivity contribution is 1.50. The summed E-state index contributed by atoms with van der Waals surface area (Å²) in [6.45, 7) is 24.0. The van der Waals surface area contributed by atoms with Gasteiger partial charge < -0.3 is 0 Å². The Bertz CT molecular complexity index is 784. The zero-order valence-corrected chi connectivity index (χ0v) is 25.4. The third-order valence-corrected chi connectivity index (χ3v) is 4.25. The Hall–Kier alpha value is -3.12. The summed E-state index contributed by atoms with van der Waals surface area (Å²) >= 11 is 0. The van der Waals surface area contributed by atoms with Gasteiger partial charge in [0.05, 0.1) is 0 Å². The first kappa shape index (κ1) is 48.9. The maximum absolute atomic E-state index is 2.27. The van der Waals surface area contributed by atoms with Crippen LogP contribution in [-0.4, -0.2) is 0 Å². The molecule has 0 aliphatic heterocycles. The summed E-state index contributed by atoms with van der Waals surface area (Å²) in [4.78, 5) is 0. The maximum Gasteiger partial charge on any atom is -0.0172 e. The van der Waals surface area contributed by atoms with Gasteiger partial charge in [-0.1, -0.05) is 196 Å². The minimum atomic E-state index is 0. The van der Waals surface area contributed by atoms with Crippen LogP contribution in [-0.2, 0) is 0 Å². The van der Waals surface area contributed by atoms with Crippen molar-refractivity contribution in [3.63, 3.8) is 0 Å². The standard InChI is InChI=1S/C24H18.6C2H6.3CH4/c1-4-10-19(11-5-1)22-16-23(20-12-6-2-7-13-20)18-24(17-22)21-14-8-3-9-15-21;6*1-2;;;/h1-18H;6*1-2H3;3*1H4. The van der Waals surface area contributed by atoms with Crippen molar-refractivity contribution in [2.24, 2.45) is 0 Å². The molecule has 0 fully saturated rings. The van der Waals surface area contributed by atoms with E-state index in [1.165, 1.54) is 33.4 Å². The van der Waals surface area contributed by atoms with Crippen LogP contribution in [0.1, 0.15) is 105 Å². The SMILES string of the molecule is C.C.C.CC.CC.CC.CC.CC.CC.c1ccc(-c2cc(-c3ccccc3)cc(-c3ccccc3)c2)cc1. The highest BCUT2D eigenvalue weighted by Crippen LogP contribution is 2.32. The predicted octanol–water partition coefficient (Wildman–Crippen LogP) is 14.8. The lowest BCUT2D eigenvalue weighted by Crippen LogP contribution is -1.85. The van der Waals surface area contributed by atoms with Gasteiger partial charge in [0.25, 0.3) is 0 Å². The van der Waals surface area contributed by atoms with E-state index in [0.717, 1.165) is 0 Å². The summed E-state index contributed by atoms with van der Waals surface area (Å²) in [5.41, 5.74) is 7.47. The molecule has 0 nitrogen and oxygen atoms in total. The van der Waals surface area contributed by atoms with Gasteiger partial charge >= 0.3 is 0 Å². The summed E-state index contributed by atoms with van der Waals surface area (Å²) in [5.74, 6) is 0. The van der Waals surface area contributed by atoms with Crippen LogP contribution in [0.3, 0.4) is 0 Å². The highest BCUT2D eigenvalue weighted by atomic mass is 14.1. The monoisotopic (exact) mass is 535 g/mol. The summed E-state index contributed by atoms with van der Waals surface area (Å²) in [5, 5.41) is 0. The lowest BCUT2D eigenvalue weighted by atomic mass is 9.93. The Kier molecular flexibility index (Phi) is 46.4. The molecule has 0 heteroatoms. The fraction of sp³-hybridized carbons (Fsp3) is 0.385. The molecular formula is C39H66. The topological polar surface area (TPSA) is 0 Å². The van der Waals surface area contributed by atoms with E-state index in [9.17, 15) is 0 Å². The fourth-order valence-electron chi connectivity index (χ4n) is 3.02. The van der Waals surface area contributed by atoms with Crippen LogP contribution >= 0.6 is 0 Å². The first-order chi connectivity index (χ1) is 17.9. The van der Waals surface area contributed by atoms with Gasteiger partial charge in [-0.15, -0.1) is 0 Å². The van der Waals surface area contributed by atoms with Crippen LogP contribution in [0.25, 0.3) is 33.4 Å². The van der Waals surface area contributed by atoms with Gasteiger partial charge in [0, 0.05) is 0 Å². The van der Waals surface area contributed by atoms with Crippen molar-refractivity contribution in [1.29, 1.82) is 0 Å². The van der Waals surface area contributed by atoms with Crippen LogP contribution in [0.5, 0.6) is 0 Å². The molecule has 0 saturated carbocycles. The predicted molar refractivity (Wildman–Crippen MR) is 191 cm³/mol. The van der Waals surface area contributed by atoms with E-state index in [4.69, 9.17) is 0 Å². The van der Waals surface area contributed by atoms with Gasteiger partial charge in [0.15, 0.2) is 0 Å². The molecule has 0 spiro atoms. The largest absolute Gasteiger partial charge is 0.0776 e. The molecule has 0 atom stereocenters. The summed E-state index contributed by atoms with van der Waals surface area (Å²) < 4.78 is 0. The molecule has 0 radical (unpaired) electrons. The molecule has 0 heterocycles. The average Bonchev–Trinajstić information content (AvgIpc) is 3.04. The van der Waals surface area contributed by atoms with E-state index in [2.05, 4.69) is 109 Å². The van der Waals surface area contributed by atoms with Crippen LogP contribution in [0, 0.1) is 0 Å². The summed E-state index contributed by atoms with van der Waals surface area (Å²) in [6, 6.07) is 38.5. The van der Waals surface area contributed by atoms with Crippen molar-refractivity contribution in [2.75, 3.05) is 0 Å². The number of hydrogen-bond acceptors (Lipinski definition) is 0. The van der Waals surface area contributed by atoms with E-state index in [0.29, 0.717) is 0 Å². The molecule has 0 aliphatic carbocycles. The smallest absolute Gasteiger partial charge is 0.0172 e. The van der Waals surface area contributed by atoms with Crippen molar-refractivity contribution < 1.29 is 0 Å². The average molecular weight is 535 g/mol. The summed E-state index contributed by atoms with van der Waals surface area (Å²) in [6.07, 6.45) is 0. The van der Waals surface area contributed by atoms with Crippen LogP contribution in [0.2, 0.25) is 0 Å². The van der Waals surface area contributed by atoms with Crippen LogP contribution in [0.4, 0.5) is 0 Å². The Labute approximate surface area is 247 Å². The van der Waals surface area contributed by atoms with Gasteiger partial charge in [0.2, 0.25) is 0 Å². The van der Waals surface area contributed by atoms with Crippen molar-refractivity contribution in [1.82, 2.24) is 0 Å². The molecular weight excluding hydrogens is 468 g/mol. The minimum Gasteiger partial charge on any atom is -0.0776 e. The molecule has 4 aromatic rings. The fourth-order valence-corrected chi connectivity index (χ4v) is 3.02. The van der Waals surface area contributed by atoms with Crippen molar-refractivity contribution in [2.45, 2.75) is 105 Å². The zero-order valence-electron chi connectivity index (χ0n) is 25.4. The highest BCUT2D eigenvalue weighted by molar-refractivity contribution is 5.81. The molecule has 0 bridgehead atoms. The third-order valence-electron chi connectivity index (χ3n) is 4.25. The Morgan fingerprint density at radius 1 is 0.231 bits per heavy atom. The van der Waals surface area contributed by atoms with E-state index < -0.39 is 0 Å². The van der Waals surface area contributed by atoms with Gasteiger partial charge in [-0.05, 0) is 51.6 Å². The number of hydrogen-bond donors (Lipinski definition) is 0. The van der Waals surface area contributed by atoms with Gasteiger partial charge in [-0.25, -0.2) is 0 Å². The van der Waals surface area contributed by atoms with E-state index in [1.54, 1.807) is 0 Å². The Balaban J connectivity index is -0.000000162. The first-order valence-corrected chi connectivity index (χ1v) is 14.2. The molecule has 222 valence electrons. The van der Waals surface area contributed by atoms with Gasteiger partial charge in [0.1, 0.15) is 0 Å². The molecule has 4 aromatic carbocycles. The van der Waals surface area contributed by atoms with Crippen molar-refractivity contribution in [3.05, 3.63) is 109 Å². The summed E-state index contributed by atoms with van der Waals surface area (Å²) in [7, 11) is 0. The molecule has 0 amide bonds. The van der Waals surface area contributed by atoms with Crippen molar-refractivity contribution in [3.8, 4) is 33.4 Å². The van der Waals surface area contributed by atoms with E-state index in [1.807, 2.05) is 83.1 Å². The normalized spacial score (nSPS) is 7.38. The molecule has 39 heavy (non-hydrogen) atoms.